The molecule has 0 radical (unpaired) electrons. The number of imidazole rings is 1. The normalized spacial score (nSPS) is 11.5. The van der Waals surface area contributed by atoms with Gasteiger partial charge >= 0.3 is 5.69 Å². The van der Waals surface area contributed by atoms with Crippen molar-refractivity contribution in [3.63, 3.8) is 0 Å². The Morgan fingerprint density at radius 1 is 1.22 bits per heavy atom. The van der Waals surface area contributed by atoms with Crippen molar-refractivity contribution in [2.24, 2.45) is 19.1 Å². The zero-order valence-corrected chi connectivity index (χ0v) is 18.2. The second kappa shape index (κ2) is 8.40. The summed E-state index contributed by atoms with van der Waals surface area (Å²) < 4.78 is 3.53. The molecule has 4 aromatic rings. The van der Waals surface area contributed by atoms with Gasteiger partial charge in [0.2, 0.25) is 11.9 Å². The minimum Gasteiger partial charge on any atom is -0.315 e. The van der Waals surface area contributed by atoms with Crippen LogP contribution in [-0.2, 0) is 25.4 Å². The molecule has 0 fully saturated rings. The molecule has 1 aromatic carbocycles. The number of benzene rings is 1. The van der Waals surface area contributed by atoms with Crippen LogP contribution in [-0.4, -0.2) is 46.0 Å². The van der Waals surface area contributed by atoms with E-state index < -0.39 is 17.2 Å². The van der Waals surface area contributed by atoms with Gasteiger partial charge < -0.3 is 4.57 Å². The van der Waals surface area contributed by atoms with Crippen LogP contribution in [0.25, 0.3) is 11.2 Å². The number of H-pyrrole nitrogens is 1. The summed E-state index contributed by atoms with van der Waals surface area (Å²) in [7, 11) is 2.85. The quantitative estimate of drug-likeness (QED) is 0.415. The van der Waals surface area contributed by atoms with E-state index in [0.717, 1.165) is 4.57 Å². The van der Waals surface area contributed by atoms with Crippen LogP contribution < -0.4 is 16.6 Å². The summed E-state index contributed by atoms with van der Waals surface area (Å²) in [6.45, 7) is -0.238. The number of rotatable bonds is 5. The van der Waals surface area contributed by atoms with E-state index in [-0.39, 0.29) is 29.6 Å². The predicted molar refractivity (Wildman–Crippen MR) is 119 cm³/mol. The fraction of sp³-hybridized carbons (Fsp3) is 0.167. The first kappa shape index (κ1) is 21.5. The van der Waals surface area contributed by atoms with Crippen molar-refractivity contribution in [2.45, 2.75) is 6.54 Å². The Kier molecular flexibility index (Phi) is 5.63. The smallest absolute Gasteiger partial charge is 0.315 e. The van der Waals surface area contributed by atoms with Crippen molar-refractivity contribution >= 4 is 58.4 Å². The maximum Gasteiger partial charge on any atom is 0.332 e. The number of halogens is 2. The maximum atomic E-state index is 12.5. The summed E-state index contributed by atoms with van der Waals surface area (Å²) in [4.78, 5) is 49.1. The number of carbonyl (C=O) groups is 1. The first-order chi connectivity index (χ1) is 15.3. The van der Waals surface area contributed by atoms with E-state index in [0.29, 0.717) is 15.6 Å². The van der Waals surface area contributed by atoms with Crippen LogP contribution in [0, 0.1) is 0 Å². The van der Waals surface area contributed by atoms with Crippen LogP contribution in [0.5, 0.6) is 0 Å². The number of hydrogen-bond acceptors (Lipinski definition) is 7. The number of nitrogens with one attached hydrogen (secondary N) is 2. The second-order valence-corrected chi connectivity index (χ2v) is 7.49. The highest BCUT2D eigenvalue weighted by atomic mass is 35.5. The van der Waals surface area contributed by atoms with Gasteiger partial charge in [0.1, 0.15) is 6.54 Å². The van der Waals surface area contributed by atoms with Crippen LogP contribution in [0.4, 0.5) is 11.9 Å². The number of fused-ring (bicyclic) bond motifs is 1. The van der Waals surface area contributed by atoms with Crippen LogP contribution in [0.3, 0.4) is 0 Å². The third kappa shape index (κ3) is 3.92. The highest BCUT2D eigenvalue weighted by Gasteiger charge is 2.16. The molecule has 0 atom stereocenters. The topological polar surface area (TPSA) is 145 Å². The zero-order valence-electron chi connectivity index (χ0n) is 16.7. The first-order valence-electron chi connectivity index (χ1n) is 9.07. The maximum absolute atomic E-state index is 12.5. The largest absolute Gasteiger partial charge is 0.332 e. The van der Waals surface area contributed by atoms with E-state index >= 15 is 0 Å². The van der Waals surface area contributed by atoms with E-state index in [1.807, 2.05) is 0 Å². The molecule has 0 aliphatic heterocycles. The Labute approximate surface area is 189 Å². The Morgan fingerprint density at radius 2 is 1.94 bits per heavy atom. The Balaban J connectivity index is 1.51. The molecule has 0 saturated carbocycles. The van der Waals surface area contributed by atoms with E-state index in [4.69, 9.17) is 23.2 Å². The van der Waals surface area contributed by atoms with Gasteiger partial charge in [0.15, 0.2) is 11.2 Å². The summed E-state index contributed by atoms with van der Waals surface area (Å²) in [6, 6.07) is 5.05. The van der Waals surface area contributed by atoms with Gasteiger partial charge in [-0.3, -0.25) is 24.0 Å². The molecule has 0 aliphatic carbocycles. The third-order valence-corrected chi connectivity index (χ3v) is 5.23. The third-order valence-electron chi connectivity index (χ3n) is 4.57. The van der Waals surface area contributed by atoms with Crippen LogP contribution in [0.2, 0.25) is 10.0 Å². The lowest BCUT2D eigenvalue weighted by Gasteiger charge is -2.06. The van der Waals surface area contributed by atoms with Crippen LogP contribution >= 0.6 is 23.2 Å². The molecule has 14 heteroatoms. The van der Waals surface area contributed by atoms with Gasteiger partial charge in [-0.2, -0.15) is 4.98 Å². The van der Waals surface area contributed by atoms with E-state index in [9.17, 15) is 14.4 Å². The molecule has 0 aliphatic rings. The van der Waals surface area contributed by atoms with Crippen molar-refractivity contribution in [2.75, 3.05) is 5.32 Å². The Hall–Kier alpha value is -3.77. The predicted octanol–water partition coefficient (Wildman–Crippen LogP) is 1.25. The molecule has 0 saturated heterocycles. The van der Waals surface area contributed by atoms with Gasteiger partial charge in [-0.05, 0) is 12.1 Å². The summed E-state index contributed by atoms with van der Waals surface area (Å²) >= 11 is 12.2. The average Bonchev–Trinajstić information content (AvgIpc) is 3.37. The summed E-state index contributed by atoms with van der Waals surface area (Å²) in [5, 5.41) is 9.80. The van der Waals surface area contributed by atoms with Gasteiger partial charge in [-0.25, -0.2) is 19.9 Å². The van der Waals surface area contributed by atoms with E-state index in [2.05, 4.69) is 30.5 Å². The molecule has 12 nitrogen and oxygen atoms in total. The van der Waals surface area contributed by atoms with Gasteiger partial charge in [0.05, 0.1) is 16.4 Å². The highest BCUT2D eigenvalue weighted by Crippen LogP contribution is 2.22. The molecular formula is C18H15Cl2N9O3. The Morgan fingerprint density at radius 3 is 2.66 bits per heavy atom. The lowest BCUT2D eigenvalue weighted by atomic mass is 10.2. The van der Waals surface area contributed by atoms with Gasteiger partial charge in [-0.15, -0.1) is 5.10 Å². The summed E-state index contributed by atoms with van der Waals surface area (Å²) in [5.74, 6) is -0.397. The van der Waals surface area contributed by atoms with Crippen molar-refractivity contribution in [3.8, 4) is 0 Å². The molecule has 0 unspecified atom stereocenters. The molecular weight excluding hydrogens is 461 g/mol. The molecule has 0 bridgehead atoms. The van der Waals surface area contributed by atoms with Crippen molar-refractivity contribution in [1.29, 1.82) is 0 Å². The highest BCUT2D eigenvalue weighted by molar-refractivity contribution is 6.38. The monoisotopic (exact) mass is 475 g/mol. The number of aryl methyl sites for hydroxylation is 1. The number of carbonyl (C=O) groups excluding carboxylic acids is 1. The fourth-order valence-electron chi connectivity index (χ4n) is 2.97. The average molecular weight is 476 g/mol. The lowest BCUT2D eigenvalue weighted by molar-refractivity contribution is -0.116. The number of nitrogens with zero attached hydrogens (tertiary/aromatic N) is 7. The number of aliphatic imine (C=N–C) groups is 1. The molecule has 2 N–H and O–H groups in total. The number of hydrogen-bond donors (Lipinski definition) is 2. The van der Waals surface area contributed by atoms with Gasteiger partial charge in [0.25, 0.3) is 11.5 Å². The number of aromatic nitrogens is 7. The molecule has 3 heterocycles. The standard InChI is InChI=1S/C18H15Cl2N9O3/c1-27-14-13(15(31)28(2)18(27)32)29(8-22-14)7-12(30)23-17-24-16(25-26-17)21-6-9-10(19)4-3-5-11(9)20/h3-6,8H,7H2,1-2H3,(H2,23,24,25,26,30). The minimum atomic E-state index is -0.553. The molecule has 1 amide bonds. The molecule has 164 valence electrons. The summed E-state index contributed by atoms with van der Waals surface area (Å²) in [6.07, 6.45) is 2.73. The zero-order chi connectivity index (χ0) is 23.0. The fourth-order valence-corrected chi connectivity index (χ4v) is 3.46. The lowest BCUT2D eigenvalue weighted by Crippen LogP contribution is -2.37. The first-order valence-corrected chi connectivity index (χ1v) is 9.83. The Bertz CT molecular complexity index is 1480. The number of anilines is 1. The van der Waals surface area contributed by atoms with E-state index in [1.54, 1.807) is 18.2 Å². The SMILES string of the molecule is Cn1c(=O)c2c(ncn2CC(=O)Nc2nc(N=Cc3c(Cl)cccc3Cl)n[nH]2)n(C)c1=O. The van der Waals surface area contributed by atoms with Gasteiger partial charge in [0, 0.05) is 25.9 Å². The van der Waals surface area contributed by atoms with Crippen molar-refractivity contribution in [3.05, 3.63) is 61.0 Å². The molecule has 4 rings (SSSR count). The van der Waals surface area contributed by atoms with Crippen molar-refractivity contribution < 1.29 is 4.79 Å². The van der Waals surface area contributed by atoms with Gasteiger partial charge in [-0.1, -0.05) is 29.3 Å². The second-order valence-electron chi connectivity index (χ2n) is 6.68. The van der Waals surface area contributed by atoms with Crippen LogP contribution in [0.15, 0.2) is 39.1 Å². The molecule has 0 spiro atoms. The van der Waals surface area contributed by atoms with E-state index in [1.165, 1.54) is 35.8 Å². The molecule has 3 aromatic heterocycles. The molecule has 32 heavy (non-hydrogen) atoms. The number of aromatic amines is 1. The van der Waals surface area contributed by atoms with Crippen LogP contribution in [0.1, 0.15) is 5.56 Å². The number of amides is 1. The minimum absolute atomic E-state index is 0.0493. The summed E-state index contributed by atoms with van der Waals surface area (Å²) in [5.41, 5.74) is -0.244. The van der Waals surface area contributed by atoms with Crippen molar-refractivity contribution in [1.82, 2.24) is 33.9 Å².